The molecule has 1 aliphatic heterocycles. The van der Waals surface area contributed by atoms with Crippen LogP contribution in [0.1, 0.15) is 26.7 Å². The first-order valence-electron chi connectivity index (χ1n) is 5.06. The van der Waals surface area contributed by atoms with E-state index < -0.39 is 5.79 Å². The fourth-order valence-electron chi connectivity index (χ4n) is 1.61. The van der Waals surface area contributed by atoms with Gasteiger partial charge < -0.3 is 14.3 Å². The van der Waals surface area contributed by atoms with Crippen LogP contribution in [0.5, 0.6) is 11.5 Å². The van der Waals surface area contributed by atoms with Crippen LogP contribution in [0.3, 0.4) is 0 Å². The van der Waals surface area contributed by atoms with Gasteiger partial charge in [0.1, 0.15) is 5.78 Å². The van der Waals surface area contributed by atoms with Crippen LogP contribution in [0.25, 0.3) is 0 Å². The zero-order chi connectivity index (χ0) is 10.9. The summed E-state index contributed by atoms with van der Waals surface area (Å²) >= 11 is 0. The van der Waals surface area contributed by atoms with Crippen LogP contribution >= 0.6 is 0 Å². The molecule has 1 aliphatic rings. The lowest BCUT2D eigenvalue weighted by Crippen LogP contribution is -2.35. The van der Waals surface area contributed by atoms with Crippen LogP contribution in [0, 0.1) is 0 Å². The molecular weight excluding hydrogens is 192 g/mol. The fourth-order valence-corrected chi connectivity index (χ4v) is 1.61. The SMILES string of the molecule is CC(=O)CCC1(C)Oc2ccccc2O1. The molecule has 15 heavy (non-hydrogen) atoms. The Morgan fingerprint density at radius 2 is 1.80 bits per heavy atom. The molecule has 0 spiro atoms. The van der Waals surface area contributed by atoms with Gasteiger partial charge in [-0.05, 0) is 19.1 Å². The average molecular weight is 206 g/mol. The van der Waals surface area contributed by atoms with Gasteiger partial charge >= 0.3 is 0 Å². The minimum atomic E-state index is -0.685. The summed E-state index contributed by atoms with van der Waals surface area (Å²) in [6.07, 6.45) is 1.06. The van der Waals surface area contributed by atoms with E-state index in [-0.39, 0.29) is 5.78 Å². The largest absolute Gasteiger partial charge is 0.449 e. The Morgan fingerprint density at radius 3 is 2.27 bits per heavy atom. The van der Waals surface area contributed by atoms with Crippen molar-refractivity contribution in [3.63, 3.8) is 0 Å². The molecule has 0 aromatic heterocycles. The van der Waals surface area contributed by atoms with E-state index in [0.29, 0.717) is 12.8 Å². The molecule has 1 heterocycles. The summed E-state index contributed by atoms with van der Waals surface area (Å²) in [5.74, 6) is 0.974. The molecule has 0 N–H and O–H groups in total. The Morgan fingerprint density at radius 1 is 1.27 bits per heavy atom. The summed E-state index contributed by atoms with van der Waals surface area (Å²) in [5.41, 5.74) is 0. The van der Waals surface area contributed by atoms with Crippen LogP contribution in [0.4, 0.5) is 0 Å². The Balaban J connectivity index is 2.07. The lowest BCUT2D eigenvalue weighted by atomic mass is 10.1. The zero-order valence-electron chi connectivity index (χ0n) is 8.95. The minimum absolute atomic E-state index is 0.152. The minimum Gasteiger partial charge on any atom is -0.449 e. The van der Waals surface area contributed by atoms with Gasteiger partial charge in [0.25, 0.3) is 0 Å². The van der Waals surface area contributed by atoms with E-state index in [0.717, 1.165) is 11.5 Å². The van der Waals surface area contributed by atoms with Gasteiger partial charge in [0.15, 0.2) is 11.5 Å². The molecule has 0 amide bonds. The molecule has 0 radical (unpaired) electrons. The number of carbonyl (C=O) groups is 1. The van der Waals surface area contributed by atoms with Crippen molar-refractivity contribution < 1.29 is 14.3 Å². The number of ketones is 1. The molecule has 0 aliphatic carbocycles. The van der Waals surface area contributed by atoms with E-state index >= 15 is 0 Å². The van der Waals surface area contributed by atoms with Crippen molar-refractivity contribution in [1.82, 2.24) is 0 Å². The third-order valence-electron chi connectivity index (χ3n) is 2.43. The van der Waals surface area contributed by atoms with Gasteiger partial charge in [-0.2, -0.15) is 0 Å². The second kappa shape index (κ2) is 3.57. The Hall–Kier alpha value is -1.51. The second-order valence-electron chi connectivity index (χ2n) is 3.99. The molecule has 1 aromatic rings. The van der Waals surface area contributed by atoms with E-state index in [1.807, 2.05) is 31.2 Å². The summed E-state index contributed by atoms with van der Waals surface area (Å²) in [7, 11) is 0. The van der Waals surface area contributed by atoms with Crippen LogP contribution < -0.4 is 9.47 Å². The highest BCUT2D eigenvalue weighted by atomic mass is 16.7. The van der Waals surface area contributed by atoms with Crippen molar-refractivity contribution in [1.29, 1.82) is 0 Å². The monoisotopic (exact) mass is 206 g/mol. The van der Waals surface area contributed by atoms with E-state index in [4.69, 9.17) is 9.47 Å². The van der Waals surface area contributed by atoms with Crippen molar-refractivity contribution in [2.75, 3.05) is 0 Å². The highest BCUT2D eigenvalue weighted by molar-refractivity contribution is 5.75. The maximum atomic E-state index is 10.9. The van der Waals surface area contributed by atoms with Crippen LogP contribution in [0.15, 0.2) is 24.3 Å². The van der Waals surface area contributed by atoms with Gasteiger partial charge in [-0.15, -0.1) is 0 Å². The lowest BCUT2D eigenvalue weighted by molar-refractivity contribution is -0.121. The van der Waals surface area contributed by atoms with E-state index in [9.17, 15) is 4.79 Å². The molecule has 80 valence electrons. The molecular formula is C12H14O3. The van der Waals surface area contributed by atoms with Crippen LogP contribution in [-0.4, -0.2) is 11.6 Å². The van der Waals surface area contributed by atoms with Crippen molar-refractivity contribution in [3.05, 3.63) is 24.3 Å². The molecule has 0 saturated heterocycles. The van der Waals surface area contributed by atoms with Gasteiger partial charge in [0.05, 0.1) is 0 Å². The van der Waals surface area contributed by atoms with Gasteiger partial charge in [-0.3, -0.25) is 0 Å². The molecule has 0 saturated carbocycles. The average Bonchev–Trinajstić information content (AvgIpc) is 2.52. The number of benzene rings is 1. The van der Waals surface area contributed by atoms with Gasteiger partial charge in [0.2, 0.25) is 5.79 Å². The highest BCUT2D eigenvalue weighted by Gasteiger charge is 2.36. The van der Waals surface area contributed by atoms with Crippen LogP contribution in [0.2, 0.25) is 0 Å². The summed E-state index contributed by atoms with van der Waals surface area (Å²) in [4.78, 5) is 10.9. The number of carbonyl (C=O) groups excluding carboxylic acids is 1. The molecule has 0 fully saturated rings. The normalized spacial score (nSPS) is 16.4. The van der Waals surface area contributed by atoms with Crippen molar-refractivity contribution >= 4 is 5.78 Å². The van der Waals surface area contributed by atoms with E-state index in [1.54, 1.807) is 6.92 Å². The Bertz CT molecular complexity index is 359. The third-order valence-corrected chi connectivity index (χ3v) is 2.43. The molecule has 0 unspecified atom stereocenters. The van der Waals surface area contributed by atoms with Gasteiger partial charge in [-0.1, -0.05) is 12.1 Å². The maximum absolute atomic E-state index is 10.9. The third kappa shape index (κ3) is 2.12. The summed E-state index contributed by atoms with van der Waals surface area (Å²) in [6, 6.07) is 7.54. The smallest absolute Gasteiger partial charge is 0.249 e. The van der Waals surface area contributed by atoms with Crippen molar-refractivity contribution in [2.45, 2.75) is 32.5 Å². The summed E-state index contributed by atoms with van der Waals surface area (Å²) in [5, 5.41) is 0. The quantitative estimate of drug-likeness (QED) is 0.762. The predicted molar refractivity (Wildman–Crippen MR) is 56.0 cm³/mol. The number of ether oxygens (including phenoxy) is 2. The maximum Gasteiger partial charge on any atom is 0.249 e. The van der Waals surface area contributed by atoms with Gasteiger partial charge in [-0.25, -0.2) is 0 Å². The molecule has 0 bridgehead atoms. The van der Waals surface area contributed by atoms with E-state index in [1.165, 1.54) is 0 Å². The van der Waals surface area contributed by atoms with Crippen molar-refractivity contribution in [3.8, 4) is 11.5 Å². The first-order chi connectivity index (χ1) is 7.09. The predicted octanol–water partition coefficient (Wildman–Crippen LogP) is 2.54. The second-order valence-corrected chi connectivity index (χ2v) is 3.99. The standard InChI is InChI=1S/C12H14O3/c1-9(13)7-8-12(2)14-10-5-3-4-6-11(10)15-12/h3-6H,7-8H2,1-2H3. The summed E-state index contributed by atoms with van der Waals surface area (Å²) < 4.78 is 11.3. The molecule has 1 aromatic carbocycles. The number of hydrogen-bond donors (Lipinski definition) is 0. The molecule has 3 nitrogen and oxygen atoms in total. The lowest BCUT2D eigenvalue weighted by Gasteiger charge is -2.22. The number of hydrogen-bond acceptors (Lipinski definition) is 3. The number of para-hydroxylation sites is 2. The number of rotatable bonds is 3. The fraction of sp³-hybridized carbons (Fsp3) is 0.417. The molecule has 2 rings (SSSR count). The number of Topliss-reactive ketones (excluding diaryl/α,β-unsaturated/α-hetero) is 1. The first-order valence-corrected chi connectivity index (χ1v) is 5.06. The molecule has 0 atom stereocenters. The van der Waals surface area contributed by atoms with Crippen LogP contribution in [-0.2, 0) is 4.79 Å². The topological polar surface area (TPSA) is 35.5 Å². The Kier molecular flexibility index (Phi) is 2.39. The first kappa shape index (κ1) is 10.0. The number of fused-ring (bicyclic) bond motifs is 1. The zero-order valence-corrected chi connectivity index (χ0v) is 8.95. The van der Waals surface area contributed by atoms with Crippen molar-refractivity contribution in [2.24, 2.45) is 0 Å². The van der Waals surface area contributed by atoms with Gasteiger partial charge in [0, 0.05) is 19.8 Å². The van der Waals surface area contributed by atoms with E-state index in [2.05, 4.69) is 0 Å². The Labute approximate surface area is 89.0 Å². The summed E-state index contributed by atoms with van der Waals surface area (Å²) in [6.45, 7) is 3.43. The highest BCUT2D eigenvalue weighted by Crippen LogP contribution is 2.40. The molecule has 3 heteroatoms.